The second-order valence-electron chi connectivity index (χ2n) is 21.3. The summed E-state index contributed by atoms with van der Waals surface area (Å²) in [5.41, 5.74) is 0. The van der Waals surface area contributed by atoms with Crippen LogP contribution in [0.15, 0.2) is 60.8 Å². The van der Waals surface area contributed by atoms with Crippen LogP contribution in [0.25, 0.3) is 0 Å². The van der Waals surface area contributed by atoms with Crippen molar-refractivity contribution in [3.05, 3.63) is 60.8 Å². The van der Waals surface area contributed by atoms with Crippen molar-refractivity contribution in [1.82, 2.24) is 0 Å². The molecule has 5 heteroatoms. The summed E-state index contributed by atoms with van der Waals surface area (Å²) < 4.78 is 17.5. The number of ether oxygens (including phenoxy) is 3. The van der Waals surface area contributed by atoms with Crippen molar-refractivity contribution < 1.29 is 23.8 Å². The topological polar surface area (TPSA) is 61.8 Å². The first-order chi connectivity index (χ1) is 35.6. The van der Waals surface area contributed by atoms with Crippen molar-refractivity contribution in [3.63, 3.8) is 0 Å². The minimum absolute atomic E-state index is 0.0770. The maximum absolute atomic E-state index is 12.9. The Balaban J connectivity index is 4.27. The van der Waals surface area contributed by atoms with Crippen molar-refractivity contribution in [2.75, 3.05) is 19.8 Å². The molecule has 1 unspecified atom stereocenters. The minimum Gasteiger partial charge on any atom is -0.462 e. The summed E-state index contributed by atoms with van der Waals surface area (Å²) in [6, 6.07) is 0. The first-order valence-electron chi connectivity index (χ1n) is 31.8. The van der Waals surface area contributed by atoms with E-state index < -0.39 is 6.10 Å². The Labute approximate surface area is 449 Å². The van der Waals surface area contributed by atoms with E-state index in [9.17, 15) is 9.59 Å². The molecule has 5 nitrogen and oxygen atoms in total. The van der Waals surface area contributed by atoms with Crippen LogP contribution in [0.4, 0.5) is 0 Å². The molecule has 1 atom stereocenters. The third-order valence-corrected chi connectivity index (χ3v) is 14.0. The van der Waals surface area contributed by atoms with E-state index >= 15 is 0 Å². The van der Waals surface area contributed by atoms with Crippen LogP contribution < -0.4 is 0 Å². The zero-order valence-electron chi connectivity index (χ0n) is 48.5. The molecule has 0 aromatic carbocycles. The number of esters is 2. The summed E-state index contributed by atoms with van der Waals surface area (Å²) in [5, 5.41) is 0. The molecular weight excluding hydrogens is 885 g/mol. The summed E-state index contributed by atoms with van der Waals surface area (Å²) in [5.74, 6) is -0.410. The van der Waals surface area contributed by atoms with Crippen LogP contribution >= 0.6 is 0 Å². The van der Waals surface area contributed by atoms with Gasteiger partial charge >= 0.3 is 11.9 Å². The predicted molar refractivity (Wildman–Crippen MR) is 316 cm³/mol. The lowest BCUT2D eigenvalue weighted by molar-refractivity contribution is -0.163. The SMILES string of the molecule is CC/C=C\C/C=C\C/C=C\C/C=C\CCCCCCC(=O)OC(COCCCCCCCCCCCCCCCCCCCCCC)COC(=O)CCCCCCCCCCC/C=C\CCCCCCCC. The van der Waals surface area contributed by atoms with Gasteiger partial charge in [0.1, 0.15) is 6.61 Å². The molecule has 0 spiro atoms. The van der Waals surface area contributed by atoms with Crippen LogP contribution in [0, 0.1) is 0 Å². The maximum atomic E-state index is 12.9. The van der Waals surface area contributed by atoms with Gasteiger partial charge in [0.25, 0.3) is 0 Å². The van der Waals surface area contributed by atoms with Gasteiger partial charge in [-0.15, -0.1) is 0 Å². The molecule has 0 fully saturated rings. The number of carbonyl (C=O) groups excluding carboxylic acids is 2. The zero-order valence-corrected chi connectivity index (χ0v) is 48.5. The third-order valence-electron chi connectivity index (χ3n) is 14.0. The van der Waals surface area contributed by atoms with E-state index in [1.54, 1.807) is 0 Å². The highest BCUT2D eigenvalue weighted by Gasteiger charge is 2.17. The predicted octanol–water partition coefficient (Wildman–Crippen LogP) is 22.0. The molecule has 0 heterocycles. The van der Waals surface area contributed by atoms with E-state index in [4.69, 9.17) is 14.2 Å². The van der Waals surface area contributed by atoms with E-state index in [1.165, 1.54) is 212 Å². The molecule has 0 radical (unpaired) electrons. The molecule has 0 aliphatic rings. The van der Waals surface area contributed by atoms with Gasteiger partial charge in [0.05, 0.1) is 6.61 Å². The van der Waals surface area contributed by atoms with Crippen LogP contribution in [-0.2, 0) is 23.8 Å². The van der Waals surface area contributed by atoms with E-state index in [0.717, 1.165) is 83.5 Å². The number of hydrogen-bond donors (Lipinski definition) is 0. The second kappa shape index (κ2) is 62.9. The monoisotopic (exact) mass is 1010 g/mol. The van der Waals surface area contributed by atoms with Crippen LogP contribution in [0.2, 0.25) is 0 Å². The fourth-order valence-corrected chi connectivity index (χ4v) is 9.32. The highest BCUT2D eigenvalue weighted by atomic mass is 16.6. The van der Waals surface area contributed by atoms with Gasteiger partial charge in [0, 0.05) is 19.4 Å². The highest BCUT2D eigenvalue weighted by molar-refractivity contribution is 5.70. The summed E-state index contributed by atoms with van der Waals surface area (Å²) >= 11 is 0. The molecule has 0 rings (SSSR count). The largest absolute Gasteiger partial charge is 0.462 e. The molecule has 0 saturated heterocycles. The molecule has 0 aromatic rings. The molecular formula is C67H122O5. The average Bonchev–Trinajstić information content (AvgIpc) is 3.38. The number of hydrogen-bond acceptors (Lipinski definition) is 5. The van der Waals surface area contributed by atoms with Gasteiger partial charge in [-0.2, -0.15) is 0 Å². The Morgan fingerprint density at radius 2 is 0.625 bits per heavy atom. The smallest absolute Gasteiger partial charge is 0.306 e. The van der Waals surface area contributed by atoms with Gasteiger partial charge in [-0.3, -0.25) is 9.59 Å². The number of allylic oxidation sites excluding steroid dienone is 10. The molecule has 0 saturated carbocycles. The zero-order chi connectivity index (χ0) is 52.0. The van der Waals surface area contributed by atoms with E-state index in [1.807, 2.05) is 0 Å². The number of unbranched alkanes of at least 4 members (excludes halogenated alkanes) is 38. The van der Waals surface area contributed by atoms with Crippen molar-refractivity contribution in [1.29, 1.82) is 0 Å². The van der Waals surface area contributed by atoms with E-state index in [2.05, 4.69) is 81.5 Å². The molecule has 0 bridgehead atoms. The molecule has 0 aliphatic heterocycles. The lowest BCUT2D eigenvalue weighted by atomic mass is 10.0. The molecule has 420 valence electrons. The van der Waals surface area contributed by atoms with Crippen molar-refractivity contribution in [2.45, 2.75) is 335 Å². The Hall–Kier alpha value is -2.40. The van der Waals surface area contributed by atoms with Crippen molar-refractivity contribution in [2.24, 2.45) is 0 Å². The Bertz CT molecular complexity index is 1230. The van der Waals surface area contributed by atoms with E-state index in [0.29, 0.717) is 19.4 Å². The van der Waals surface area contributed by atoms with Gasteiger partial charge in [0.15, 0.2) is 6.10 Å². The lowest BCUT2D eigenvalue weighted by Gasteiger charge is -2.18. The lowest BCUT2D eigenvalue weighted by Crippen LogP contribution is -2.30. The molecule has 0 amide bonds. The summed E-state index contributed by atoms with van der Waals surface area (Å²) in [6.45, 7) is 7.75. The fraction of sp³-hybridized carbons (Fsp3) is 0.821. The summed E-state index contributed by atoms with van der Waals surface area (Å²) in [4.78, 5) is 25.6. The average molecular weight is 1010 g/mol. The normalized spacial score (nSPS) is 12.5. The maximum Gasteiger partial charge on any atom is 0.306 e. The third kappa shape index (κ3) is 60.2. The molecule has 0 aliphatic carbocycles. The summed E-state index contributed by atoms with van der Waals surface area (Å²) in [7, 11) is 0. The molecule has 0 N–H and O–H groups in total. The van der Waals surface area contributed by atoms with Crippen LogP contribution in [0.5, 0.6) is 0 Å². The Kier molecular flexibility index (Phi) is 60.8. The van der Waals surface area contributed by atoms with Crippen LogP contribution in [0.1, 0.15) is 329 Å². The second-order valence-corrected chi connectivity index (χ2v) is 21.3. The minimum atomic E-state index is -0.550. The van der Waals surface area contributed by atoms with Crippen LogP contribution in [0.3, 0.4) is 0 Å². The fourth-order valence-electron chi connectivity index (χ4n) is 9.32. The van der Waals surface area contributed by atoms with Crippen molar-refractivity contribution in [3.8, 4) is 0 Å². The molecule has 72 heavy (non-hydrogen) atoms. The standard InChI is InChI=1S/C67H122O5/c1-4-7-10-13-16-19-22-25-28-31-33-35-38-41-44-47-50-53-56-59-62-70-63-65(72-67(69)61-58-55-52-49-46-43-40-36-30-27-24-21-18-15-12-9-6-3)64-71-66(68)60-57-54-51-48-45-42-39-37-34-32-29-26-23-20-17-14-11-8-5-2/h9,12,18,21,26-27,29-30,40,43,65H,4-8,10-11,13-17,19-20,22-25,28,31-39,41-42,44-64H2,1-3H3/b12-9-,21-18-,29-26-,30-27-,43-40-. The van der Waals surface area contributed by atoms with Crippen molar-refractivity contribution >= 4 is 11.9 Å². The van der Waals surface area contributed by atoms with Gasteiger partial charge in [-0.1, -0.05) is 293 Å². The Morgan fingerprint density at radius 3 is 1.01 bits per heavy atom. The van der Waals surface area contributed by atoms with Gasteiger partial charge in [-0.05, 0) is 83.5 Å². The number of rotatable bonds is 59. The highest BCUT2D eigenvalue weighted by Crippen LogP contribution is 2.17. The summed E-state index contributed by atoms with van der Waals surface area (Å²) in [6.07, 6.45) is 81.2. The Morgan fingerprint density at radius 1 is 0.319 bits per heavy atom. The van der Waals surface area contributed by atoms with Gasteiger partial charge in [-0.25, -0.2) is 0 Å². The van der Waals surface area contributed by atoms with Gasteiger partial charge < -0.3 is 14.2 Å². The van der Waals surface area contributed by atoms with Gasteiger partial charge in [0.2, 0.25) is 0 Å². The quantitative estimate of drug-likeness (QED) is 0.0345. The van der Waals surface area contributed by atoms with E-state index in [-0.39, 0.29) is 25.2 Å². The number of carbonyl (C=O) groups is 2. The first kappa shape index (κ1) is 69.6. The molecule has 0 aromatic heterocycles. The first-order valence-corrected chi connectivity index (χ1v) is 31.8. The van der Waals surface area contributed by atoms with Crippen LogP contribution in [-0.4, -0.2) is 37.9 Å².